The van der Waals surface area contributed by atoms with Crippen molar-refractivity contribution in [3.8, 4) is 16.9 Å². The van der Waals surface area contributed by atoms with Crippen molar-refractivity contribution < 1.29 is 29.9 Å². The van der Waals surface area contributed by atoms with Crippen molar-refractivity contribution >= 4 is 0 Å². The molecule has 0 bridgehead atoms. The van der Waals surface area contributed by atoms with Crippen molar-refractivity contribution in [2.75, 3.05) is 13.2 Å². The maximum atomic E-state index is 10.7. The van der Waals surface area contributed by atoms with Crippen LogP contribution in [0, 0.1) is 6.92 Å². The number of ether oxygens (including phenoxy) is 2. The summed E-state index contributed by atoms with van der Waals surface area (Å²) in [5.41, 5.74) is 5.97. The minimum absolute atomic E-state index is 0.460. The lowest BCUT2D eigenvalue weighted by Gasteiger charge is -2.40. The molecule has 34 heavy (non-hydrogen) atoms. The Labute approximate surface area is 200 Å². The Bertz CT molecular complexity index is 1080. The molecule has 1 heterocycles. The molecule has 1 aliphatic rings. The third kappa shape index (κ3) is 5.02. The van der Waals surface area contributed by atoms with Crippen molar-refractivity contribution in [2.45, 2.75) is 50.8 Å². The van der Waals surface area contributed by atoms with Crippen LogP contribution in [0.3, 0.4) is 0 Å². The largest absolute Gasteiger partial charge is 0.494 e. The zero-order valence-electron chi connectivity index (χ0n) is 19.5. The topological polar surface area (TPSA) is 99.4 Å². The predicted molar refractivity (Wildman–Crippen MR) is 130 cm³/mol. The van der Waals surface area contributed by atoms with Crippen molar-refractivity contribution in [1.29, 1.82) is 0 Å². The number of rotatable bonds is 7. The Morgan fingerprint density at radius 1 is 0.882 bits per heavy atom. The second-order valence-electron chi connectivity index (χ2n) is 8.72. The molecule has 4 N–H and O–H groups in total. The molecule has 6 heteroatoms. The summed E-state index contributed by atoms with van der Waals surface area (Å²) in [6.07, 6.45) is -5.34. The summed E-state index contributed by atoms with van der Waals surface area (Å²) in [5.74, 6) is 0.822. The van der Waals surface area contributed by atoms with Gasteiger partial charge in [0.15, 0.2) is 0 Å². The van der Waals surface area contributed by atoms with Gasteiger partial charge in [-0.3, -0.25) is 0 Å². The van der Waals surface area contributed by atoms with E-state index in [4.69, 9.17) is 9.47 Å². The van der Waals surface area contributed by atoms with Gasteiger partial charge in [0, 0.05) is 0 Å². The first-order valence-corrected chi connectivity index (χ1v) is 11.6. The van der Waals surface area contributed by atoms with E-state index in [0.717, 1.165) is 33.6 Å². The molecule has 0 aliphatic carbocycles. The number of benzene rings is 3. The van der Waals surface area contributed by atoms with Gasteiger partial charge < -0.3 is 29.9 Å². The lowest BCUT2D eigenvalue weighted by molar-refractivity contribution is -0.231. The summed E-state index contributed by atoms with van der Waals surface area (Å²) in [7, 11) is 0. The second kappa shape index (κ2) is 10.7. The summed E-state index contributed by atoms with van der Waals surface area (Å²) in [6.45, 7) is 4.17. The van der Waals surface area contributed by atoms with Crippen LogP contribution in [-0.4, -0.2) is 58.1 Å². The van der Waals surface area contributed by atoms with E-state index < -0.39 is 37.1 Å². The van der Waals surface area contributed by atoms with Crippen LogP contribution in [-0.2, 0) is 11.2 Å². The molecule has 1 aliphatic heterocycles. The summed E-state index contributed by atoms with van der Waals surface area (Å²) in [4.78, 5) is 0. The van der Waals surface area contributed by atoms with Gasteiger partial charge in [0.05, 0.1) is 13.2 Å². The molecule has 0 aromatic heterocycles. The smallest absolute Gasteiger partial charge is 0.119 e. The third-order valence-electron chi connectivity index (χ3n) is 6.47. The molecule has 0 amide bonds. The standard InChI is InChI=1S/C28H32O6/c1-3-33-22-11-9-18(10-12-22)13-20-14-21(15-23(17(20)2)19-7-5-4-6-8-19)28-27(32)26(31)25(30)24(16-29)34-28/h4-12,14-15,24-32H,3,13,16H2,1-2H3/t24-,25-,26+,27-,28+/m1/s1. The fraction of sp³-hybridized carbons (Fsp3) is 0.357. The Morgan fingerprint density at radius 3 is 2.24 bits per heavy atom. The molecular formula is C28H32O6. The summed E-state index contributed by atoms with van der Waals surface area (Å²) in [6, 6.07) is 21.9. The molecule has 0 radical (unpaired) electrons. The van der Waals surface area contributed by atoms with Crippen LogP contribution in [0.1, 0.15) is 35.3 Å². The van der Waals surface area contributed by atoms with Gasteiger partial charge >= 0.3 is 0 Å². The van der Waals surface area contributed by atoms with Crippen LogP contribution in [0.4, 0.5) is 0 Å². The first-order valence-electron chi connectivity index (χ1n) is 11.6. The zero-order chi connectivity index (χ0) is 24.2. The van der Waals surface area contributed by atoms with Gasteiger partial charge in [-0.1, -0.05) is 48.5 Å². The van der Waals surface area contributed by atoms with Gasteiger partial charge in [0.2, 0.25) is 0 Å². The average molecular weight is 465 g/mol. The van der Waals surface area contributed by atoms with Gasteiger partial charge in [-0.2, -0.15) is 0 Å². The first-order chi connectivity index (χ1) is 16.4. The van der Waals surface area contributed by atoms with E-state index in [-0.39, 0.29) is 0 Å². The molecule has 180 valence electrons. The van der Waals surface area contributed by atoms with Gasteiger partial charge in [-0.15, -0.1) is 0 Å². The number of aliphatic hydroxyl groups is 4. The van der Waals surface area contributed by atoms with Crippen LogP contribution < -0.4 is 4.74 Å². The summed E-state index contributed by atoms with van der Waals surface area (Å²) >= 11 is 0. The van der Waals surface area contributed by atoms with Crippen LogP contribution in [0.25, 0.3) is 11.1 Å². The van der Waals surface area contributed by atoms with E-state index >= 15 is 0 Å². The maximum absolute atomic E-state index is 10.7. The molecule has 5 atom stereocenters. The van der Waals surface area contributed by atoms with Gasteiger partial charge in [0.25, 0.3) is 0 Å². The van der Waals surface area contributed by atoms with E-state index in [2.05, 4.69) is 6.92 Å². The quantitative estimate of drug-likeness (QED) is 0.429. The van der Waals surface area contributed by atoms with Crippen molar-refractivity contribution in [3.63, 3.8) is 0 Å². The molecule has 1 saturated heterocycles. The maximum Gasteiger partial charge on any atom is 0.119 e. The summed E-state index contributed by atoms with van der Waals surface area (Å²) < 4.78 is 11.4. The number of hydrogen-bond acceptors (Lipinski definition) is 6. The fourth-order valence-electron chi connectivity index (χ4n) is 4.53. The van der Waals surface area contributed by atoms with Crippen LogP contribution in [0.15, 0.2) is 66.7 Å². The minimum atomic E-state index is -1.42. The van der Waals surface area contributed by atoms with Gasteiger partial charge in [-0.05, 0) is 71.8 Å². The average Bonchev–Trinajstić information content (AvgIpc) is 2.86. The van der Waals surface area contributed by atoms with E-state index in [0.29, 0.717) is 18.6 Å². The van der Waals surface area contributed by atoms with E-state index in [1.165, 1.54) is 0 Å². The predicted octanol–water partition coefficient (Wildman–Crippen LogP) is 3.17. The van der Waals surface area contributed by atoms with Crippen molar-refractivity contribution in [2.24, 2.45) is 0 Å². The van der Waals surface area contributed by atoms with E-state index in [9.17, 15) is 20.4 Å². The number of aliphatic hydroxyl groups excluding tert-OH is 4. The number of hydrogen-bond donors (Lipinski definition) is 4. The first kappa shape index (κ1) is 24.4. The highest BCUT2D eigenvalue weighted by Crippen LogP contribution is 2.37. The Balaban J connectivity index is 1.76. The molecule has 1 fully saturated rings. The van der Waals surface area contributed by atoms with Crippen LogP contribution in [0.2, 0.25) is 0 Å². The lowest BCUT2D eigenvalue weighted by Crippen LogP contribution is -2.55. The fourth-order valence-corrected chi connectivity index (χ4v) is 4.53. The second-order valence-corrected chi connectivity index (χ2v) is 8.72. The molecule has 4 rings (SSSR count). The molecular weight excluding hydrogens is 432 g/mol. The lowest BCUT2D eigenvalue weighted by atomic mass is 9.86. The third-order valence-corrected chi connectivity index (χ3v) is 6.47. The Morgan fingerprint density at radius 2 is 1.59 bits per heavy atom. The SMILES string of the molecule is CCOc1ccc(Cc2cc([C@@H]3O[C@H](CO)[C@@H](O)[C@H](O)[C@H]3O)cc(-c3ccccc3)c2C)cc1. The molecule has 3 aromatic rings. The van der Waals surface area contributed by atoms with Crippen LogP contribution >= 0.6 is 0 Å². The van der Waals surface area contributed by atoms with Gasteiger partial charge in [0.1, 0.15) is 36.3 Å². The van der Waals surface area contributed by atoms with E-state index in [1.807, 2.05) is 73.7 Å². The zero-order valence-corrected chi connectivity index (χ0v) is 19.5. The summed E-state index contributed by atoms with van der Waals surface area (Å²) in [5, 5.41) is 40.9. The molecule has 3 aromatic carbocycles. The van der Waals surface area contributed by atoms with Crippen LogP contribution in [0.5, 0.6) is 5.75 Å². The van der Waals surface area contributed by atoms with Crippen molar-refractivity contribution in [3.05, 3.63) is 89.0 Å². The molecule has 0 saturated carbocycles. The molecule has 0 spiro atoms. The normalized spacial score (nSPS) is 24.7. The molecule has 6 nitrogen and oxygen atoms in total. The van der Waals surface area contributed by atoms with Gasteiger partial charge in [-0.25, -0.2) is 0 Å². The minimum Gasteiger partial charge on any atom is -0.494 e. The van der Waals surface area contributed by atoms with Crippen molar-refractivity contribution in [1.82, 2.24) is 0 Å². The highest BCUT2D eigenvalue weighted by molar-refractivity contribution is 5.70. The monoisotopic (exact) mass is 464 g/mol. The Kier molecular flexibility index (Phi) is 7.66. The Hall–Kier alpha value is -2.74. The van der Waals surface area contributed by atoms with E-state index in [1.54, 1.807) is 0 Å². The highest BCUT2D eigenvalue weighted by atomic mass is 16.5. The highest BCUT2D eigenvalue weighted by Gasteiger charge is 2.44. The molecule has 0 unspecified atom stereocenters.